The number of aliphatic hydroxyl groups is 1. The van der Waals surface area contributed by atoms with E-state index < -0.39 is 11.0 Å². The van der Waals surface area contributed by atoms with Gasteiger partial charge in [-0.3, -0.25) is 4.79 Å². The van der Waals surface area contributed by atoms with Crippen molar-refractivity contribution < 1.29 is 14.6 Å². The van der Waals surface area contributed by atoms with Gasteiger partial charge in [0.25, 0.3) is 0 Å². The summed E-state index contributed by atoms with van der Waals surface area (Å²) in [6.07, 6.45) is 2.64. The molecule has 1 atom stereocenters. The van der Waals surface area contributed by atoms with E-state index in [2.05, 4.69) is 15.4 Å². The molecular formula is C13H22N4O3. The van der Waals surface area contributed by atoms with E-state index in [0.717, 1.165) is 0 Å². The van der Waals surface area contributed by atoms with Crippen LogP contribution in [0.25, 0.3) is 0 Å². The summed E-state index contributed by atoms with van der Waals surface area (Å²) in [5.74, 6) is 0.0361. The smallest absolute Gasteiger partial charge is 0.228 e. The van der Waals surface area contributed by atoms with Gasteiger partial charge in [-0.05, 0) is 6.42 Å². The Bertz CT molecular complexity index is 460. The molecule has 1 aliphatic rings. The molecule has 2 heterocycles. The van der Waals surface area contributed by atoms with Crippen LogP contribution in [0.3, 0.4) is 0 Å². The van der Waals surface area contributed by atoms with Crippen molar-refractivity contribution in [2.24, 2.45) is 5.41 Å². The molecule has 112 valence electrons. The van der Waals surface area contributed by atoms with Crippen molar-refractivity contribution in [1.82, 2.24) is 20.3 Å². The van der Waals surface area contributed by atoms with Crippen LogP contribution < -0.4 is 0 Å². The third-order valence-electron chi connectivity index (χ3n) is 3.94. The number of aromatic nitrogens is 3. The van der Waals surface area contributed by atoms with Gasteiger partial charge in [0.1, 0.15) is 11.3 Å². The minimum atomic E-state index is -1.10. The molecule has 0 radical (unpaired) electrons. The number of hydrogen-bond donors (Lipinski definition) is 2. The number of methoxy groups -OCH3 is 1. The fraction of sp³-hybridized carbons (Fsp3) is 0.769. The number of amides is 1. The molecule has 1 amide bonds. The number of rotatable bonds is 5. The molecule has 0 bridgehead atoms. The number of likely N-dealkylation sites (tertiary alicyclic amines) is 1. The monoisotopic (exact) mass is 282 g/mol. The number of ether oxygens (including phenoxy) is 1. The maximum atomic E-state index is 12.5. The normalized spacial score (nSPS) is 23.3. The van der Waals surface area contributed by atoms with Crippen LogP contribution in [-0.2, 0) is 15.1 Å². The Morgan fingerprint density at radius 1 is 1.65 bits per heavy atom. The molecule has 1 aromatic rings. The zero-order valence-electron chi connectivity index (χ0n) is 12.2. The number of carbonyl (C=O) groups is 1. The highest BCUT2D eigenvalue weighted by atomic mass is 16.5. The number of nitrogens with one attached hydrogen (secondary N) is 1. The molecule has 0 spiro atoms. The predicted molar refractivity (Wildman–Crippen MR) is 71.8 cm³/mol. The van der Waals surface area contributed by atoms with Gasteiger partial charge in [-0.2, -0.15) is 15.4 Å². The third kappa shape index (κ3) is 2.83. The fourth-order valence-electron chi connectivity index (χ4n) is 2.49. The number of H-pyrrole nitrogens is 1. The van der Waals surface area contributed by atoms with Crippen LogP contribution in [-0.4, -0.2) is 58.1 Å². The van der Waals surface area contributed by atoms with E-state index in [1.165, 1.54) is 6.20 Å². The van der Waals surface area contributed by atoms with Gasteiger partial charge in [-0.25, -0.2) is 0 Å². The molecule has 1 unspecified atom stereocenters. The standard InChI is InChI=1S/C13H22N4O3/c1-12(2,5-7-20-3)11(18)17-6-4-13(19,9-17)10-8-14-16-15-10/h8,19H,4-7,9H2,1-3H3,(H,14,15,16). The van der Waals surface area contributed by atoms with Crippen LogP contribution in [0.4, 0.5) is 0 Å². The van der Waals surface area contributed by atoms with Crippen LogP contribution in [0.1, 0.15) is 32.4 Å². The zero-order chi connectivity index (χ0) is 14.8. The first-order valence-corrected chi connectivity index (χ1v) is 6.76. The summed E-state index contributed by atoms with van der Waals surface area (Å²) in [7, 11) is 1.62. The summed E-state index contributed by atoms with van der Waals surface area (Å²) in [6.45, 7) is 5.14. The van der Waals surface area contributed by atoms with Crippen molar-refractivity contribution in [1.29, 1.82) is 0 Å². The Balaban J connectivity index is 2.04. The van der Waals surface area contributed by atoms with Gasteiger partial charge in [0.2, 0.25) is 5.91 Å². The number of β-amino-alcohol motifs (C(OH)–C–C–N with tert-alkyl or cyclic N) is 1. The number of hydrogen-bond acceptors (Lipinski definition) is 5. The predicted octanol–water partition coefficient (Wildman–Crippen LogP) is 0.287. The first kappa shape index (κ1) is 14.9. The van der Waals surface area contributed by atoms with E-state index in [4.69, 9.17) is 4.74 Å². The molecule has 1 saturated heterocycles. The highest BCUT2D eigenvalue weighted by molar-refractivity contribution is 5.82. The van der Waals surface area contributed by atoms with E-state index in [-0.39, 0.29) is 12.5 Å². The molecule has 1 aromatic heterocycles. The van der Waals surface area contributed by atoms with Crippen molar-refractivity contribution >= 4 is 5.91 Å². The Kier molecular flexibility index (Phi) is 4.10. The van der Waals surface area contributed by atoms with Crippen LogP contribution in [0.2, 0.25) is 0 Å². The van der Waals surface area contributed by atoms with Crippen LogP contribution in [0, 0.1) is 5.41 Å². The van der Waals surface area contributed by atoms with Crippen LogP contribution >= 0.6 is 0 Å². The molecule has 0 saturated carbocycles. The molecule has 1 fully saturated rings. The van der Waals surface area contributed by atoms with Crippen LogP contribution in [0.5, 0.6) is 0 Å². The second-order valence-corrected chi connectivity index (χ2v) is 5.99. The maximum absolute atomic E-state index is 12.5. The fourth-order valence-corrected chi connectivity index (χ4v) is 2.49. The SMILES string of the molecule is COCCC(C)(C)C(=O)N1CCC(O)(c2cn[nH]n2)C1. The largest absolute Gasteiger partial charge is 0.385 e. The lowest BCUT2D eigenvalue weighted by molar-refractivity contribution is -0.141. The molecule has 2 rings (SSSR count). The van der Waals surface area contributed by atoms with Crippen molar-refractivity contribution in [3.8, 4) is 0 Å². The van der Waals surface area contributed by atoms with Gasteiger partial charge in [0.05, 0.1) is 12.7 Å². The first-order valence-electron chi connectivity index (χ1n) is 6.76. The topological polar surface area (TPSA) is 91.3 Å². The van der Waals surface area contributed by atoms with Crippen molar-refractivity contribution in [2.45, 2.75) is 32.3 Å². The molecule has 0 aromatic carbocycles. The average molecular weight is 282 g/mol. The summed E-state index contributed by atoms with van der Waals surface area (Å²) < 4.78 is 5.05. The Morgan fingerprint density at radius 3 is 3.00 bits per heavy atom. The Labute approximate surface area is 118 Å². The van der Waals surface area contributed by atoms with E-state index in [1.807, 2.05) is 13.8 Å². The van der Waals surface area contributed by atoms with Gasteiger partial charge in [0, 0.05) is 32.1 Å². The van der Waals surface area contributed by atoms with Crippen molar-refractivity contribution in [3.63, 3.8) is 0 Å². The lowest BCUT2D eigenvalue weighted by Gasteiger charge is -2.30. The number of nitrogens with zero attached hydrogens (tertiary/aromatic N) is 3. The van der Waals surface area contributed by atoms with Crippen molar-refractivity contribution in [3.05, 3.63) is 11.9 Å². The minimum Gasteiger partial charge on any atom is -0.385 e. The molecule has 2 N–H and O–H groups in total. The summed E-state index contributed by atoms with van der Waals surface area (Å²) in [5.41, 5.74) is -1.10. The lowest BCUT2D eigenvalue weighted by atomic mass is 9.88. The molecule has 7 nitrogen and oxygen atoms in total. The molecule has 7 heteroatoms. The van der Waals surface area contributed by atoms with Gasteiger partial charge in [-0.1, -0.05) is 13.8 Å². The van der Waals surface area contributed by atoms with Gasteiger partial charge in [0.15, 0.2) is 0 Å². The third-order valence-corrected chi connectivity index (χ3v) is 3.94. The Hall–Kier alpha value is -1.47. The van der Waals surface area contributed by atoms with E-state index in [0.29, 0.717) is 31.7 Å². The van der Waals surface area contributed by atoms with Gasteiger partial charge >= 0.3 is 0 Å². The highest BCUT2D eigenvalue weighted by Gasteiger charge is 2.44. The maximum Gasteiger partial charge on any atom is 0.228 e. The van der Waals surface area contributed by atoms with E-state index in [1.54, 1.807) is 12.0 Å². The highest BCUT2D eigenvalue weighted by Crippen LogP contribution is 2.33. The molecular weight excluding hydrogens is 260 g/mol. The van der Waals surface area contributed by atoms with E-state index in [9.17, 15) is 9.90 Å². The van der Waals surface area contributed by atoms with E-state index >= 15 is 0 Å². The van der Waals surface area contributed by atoms with Gasteiger partial charge in [-0.15, -0.1) is 0 Å². The summed E-state index contributed by atoms with van der Waals surface area (Å²) in [4.78, 5) is 14.2. The second-order valence-electron chi connectivity index (χ2n) is 5.99. The number of carbonyl (C=O) groups excluding carboxylic acids is 1. The summed E-state index contributed by atoms with van der Waals surface area (Å²) >= 11 is 0. The summed E-state index contributed by atoms with van der Waals surface area (Å²) in [6, 6.07) is 0. The average Bonchev–Trinajstić information content (AvgIpc) is 3.05. The molecule has 20 heavy (non-hydrogen) atoms. The lowest BCUT2D eigenvalue weighted by Crippen LogP contribution is -2.42. The minimum absolute atomic E-state index is 0.0361. The van der Waals surface area contributed by atoms with Gasteiger partial charge < -0.3 is 14.7 Å². The second kappa shape index (κ2) is 5.49. The zero-order valence-corrected chi connectivity index (χ0v) is 12.2. The number of aromatic amines is 1. The molecule has 1 aliphatic heterocycles. The first-order chi connectivity index (χ1) is 9.39. The Morgan fingerprint density at radius 2 is 2.40 bits per heavy atom. The van der Waals surface area contributed by atoms with Crippen molar-refractivity contribution in [2.75, 3.05) is 26.8 Å². The summed E-state index contributed by atoms with van der Waals surface area (Å²) in [5, 5.41) is 20.7. The van der Waals surface area contributed by atoms with Crippen LogP contribution in [0.15, 0.2) is 6.20 Å². The molecule has 0 aliphatic carbocycles. The quantitative estimate of drug-likeness (QED) is 0.810.